The van der Waals surface area contributed by atoms with Gasteiger partial charge in [0, 0.05) is 32.4 Å². The van der Waals surface area contributed by atoms with Crippen molar-refractivity contribution in [3.05, 3.63) is 18.3 Å². The normalized spacial score (nSPS) is 21.8. The van der Waals surface area contributed by atoms with E-state index in [0.29, 0.717) is 0 Å². The maximum absolute atomic E-state index is 12.6. The molecule has 1 unspecified atom stereocenters. The second kappa shape index (κ2) is 8.31. The number of carbonyl (C=O) groups excluding carboxylic acids is 1. The number of pyridine rings is 1. The number of thiazole rings is 1. The van der Waals surface area contributed by atoms with Gasteiger partial charge in [0.1, 0.15) is 10.3 Å². The number of nitrogens with zero attached hydrogens (tertiary/aromatic N) is 4. The maximum Gasteiger partial charge on any atom is 0.224 e. The van der Waals surface area contributed by atoms with Gasteiger partial charge in [0.25, 0.3) is 0 Å². The summed E-state index contributed by atoms with van der Waals surface area (Å²) in [6.07, 6.45) is 7.75. The summed E-state index contributed by atoms with van der Waals surface area (Å²) in [6.45, 7) is 5.83. The lowest BCUT2D eigenvalue weighted by Crippen LogP contribution is -2.45. The largest absolute Gasteiger partial charge is 0.355 e. The minimum absolute atomic E-state index is 0.0603. The summed E-state index contributed by atoms with van der Waals surface area (Å²) in [5, 5.41) is 4.15. The number of fused-ring (bicyclic) bond motifs is 1. The number of likely N-dealkylation sites (tertiary alicyclic amines) is 1. The van der Waals surface area contributed by atoms with E-state index < -0.39 is 0 Å². The standard InChI is InChI=1S/C19H27N5OS/c25-17(20-9-13-23-10-2-1-3-11-23)15-6-5-12-24(14-15)19-22-16-7-4-8-21-18(16)26-19/h4,7-8,15H,1-3,5-6,9-14H2,(H,20,25). The van der Waals surface area contributed by atoms with Gasteiger partial charge in [0.2, 0.25) is 5.91 Å². The molecule has 0 radical (unpaired) electrons. The first-order valence-electron chi connectivity index (χ1n) is 9.76. The van der Waals surface area contributed by atoms with Gasteiger partial charge >= 0.3 is 0 Å². The fraction of sp³-hybridized carbons (Fsp3) is 0.632. The van der Waals surface area contributed by atoms with Crippen LogP contribution in [-0.4, -0.2) is 60.0 Å². The molecule has 140 valence electrons. The molecule has 2 aliphatic heterocycles. The molecule has 1 atom stereocenters. The monoisotopic (exact) mass is 373 g/mol. The van der Waals surface area contributed by atoms with Gasteiger partial charge in [-0.05, 0) is 50.9 Å². The Morgan fingerprint density at radius 3 is 2.96 bits per heavy atom. The van der Waals surface area contributed by atoms with E-state index in [-0.39, 0.29) is 11.8 Å². The number of nitrogens with one attached hydrogen (secondary N) is 1. The van der Waals surface area contributed by atoms with Crippen LogP contribution in [0.25, 0.3) is 10.3 Å². The van der Waals surface area contributed by atoms with Crippen LogP contribution >= 0.6 is 11.3 Å². The Kier molecular flexibility index (Phi) is 5.65. The zero-order valence-corrected chi connectivity index (χ0v) is 16.0. The highest BCUT2D eigenvalue weighted by Gasteiger charge is 2.27. The summed E-state index contributed by atoms with van der Waals surface area (Å²) < 4.78 is 0. The first-order valence-corrected chi connectivity index (χ1v) is 10.6. The molecule has 0 aromatic carbocycles. The molecule has 2 fully saturated rings. The van der Waals surface area contributed by atoms with Gasteiger partial charge in [0.05, 0.1) is 5.92 Å². The van der Waals surface area contributed by atoms with Crippen LogP contribution in [0.5, 0.6) is 0 Å². The minimum Gasteiger partial charge on any atom is -0.355 e. The van der Waals surface area contributed by atoms with E-state index in [4.69, 9.17) is 4.98 Å². The zero-order valence-electron chi connectivity index (χ0n) is 15.2. The van der Waals surface area contributed by atoms with Crippen molar-refractivity contribution in [2.24, 2.45) is 5.92 Å². The third kappa shape index (κ3) is 4.15. The predicted octanol–water partition coefficient (Wildman–Crippen LogP) is 2.51. The molecular weight excluding hydrogens is 346 g/mol. The number of aromatic nitrogens is 2. The molecule has 1 N–H and O–H groups in total. The van der Waals surface area contributed by atoms with Gasteiger partial charge in [-0.1, -0.05) is 17.8 Å². The second-order valence-electron chi connectivity index (χ2n) is 7.30. The van der Waals surface area contributed by atoms with Crippen molar-refractivity contribution in [1.82, 2.24) is 20.2 Å². The third-order valence-electron chi connectivity index (χ3n) is 5.39. The molecule has 7 heteroatoms. The van der Waals surface area contributed by atoms with Crippen LogP contribution in [0.1, 0.15) is 32.1 Å². The lowest BCUT2D eigenvalue weighted by Gasteiger charge is -2.32. The fourth-order valence-corrected chi connectivity index (χ4v) is 4.87. The zero-order chi connectivity index (χ0) is 17.8. The van der Waals surface area contributed by atoms with Gasteiger partial charge in [0.15, 0.2) is 5.13 Å². The van der Waals surface area contributed by atoms with Crippen LogP contribution in [0.15, 0.2) is 18.3 Å². The van der Waals surface area contributed by atoms with E-state index >= 15 is 0 Å². The average Bonchev–Trinajstić information content (AvgIpc) is 3.13. The summed E-state index contributed by atoms with van der Waals surface area (Å²) >= 11 is 1.62. The SMILES string of the molecule is O=C(NCCN1CCCCC1)C1CCCN(c2nc3cccnc3s2)C1. The quantitative estimate of drug-likeness (QED) is 0.873. The summed E-state index contributed by atoms with van der Waals surface area (Å²) in [7, 11) is 0. The molecule has 2 aromatic rings. The average molecular weight is 374 g/mol. The molecule has 4 heterocycles. The maximum atomic E-state index is 12.6. The molecular formula is C19H27N5OS. The molecule has 0 saturated carbocycles. The van der Waals surface area contributed by atoms with Crippen molar-refractivity contribution >= 4 is 32.7 Å². The van der Waals surface area contributed by atoms with Crippen molar-refractivity contribution in [2.75, 3.05) is 44.2 Å². The first-order chi connectivity index (χ1) is 12.8. The molecule has 4 rings (SSSR count). The number of carbonyl (C=O) groups is 1. The summed E-state index contributed by atoms with van der Waals surface area (Å²) in [6, 6.07) is 3.91. The van der Waals surface area contributed by atoms with Crippen LogP contribution in [0, 0.1) is 5.92 Å². The number of amides is 1. The predicted molar refractivity (Wildman–Crippen MR) is 106 cm³/mol. The van der Waals surface area contributed by atoms with Crippen molar-refractivity contribution in [3.63, 3.8) is 0 Å². The summed E-state index contributed by atoms with van der Waals surface area (Å²) in [4.78, 5) is 27.4. The van der Waals surface area contributed by atoms with E-state index in [2.05, 4.69) is 20.1 Å². The smallest absolute Gasteiger partial charge is 0.224 e. The lowest BCUT2D eigenvalue weighted by atomic mass is 9.97. The van der Waals surface area contributed by atoms with E-state index in [9.17, 15) is 4.79 Å². The van der Waals surface area contributed by atoms with Gasteiger partial charge in [-0.15, -0.1) is 0 Å². The topological polar surface area (TPSA) is 61.4 Å². The van der Waals surface area contributed by atoms with Crippen LogP contribution < -0.4 is 10.2 Å². The molecule has 0 bridgehead atoms. The lowest BCUT2D eigenvalue weighted by molar-refractivity contribution is -0.125. The van der Waals surface area contributed by atoms with Gasteiger partial charge in [-0.25, -0.2) is 9.97 Å². The number of anilines is 1. The molecule has 26 heavy (non-hydrogen) atoms. The van der Waals surface area contributed by atoms with Gasteiger partial charge < -0.3 is 15.1 Å². The number of hydrogen-bond donors (Lipinski definition) is 1. The molecule has 2 aromatic heterocycles. The Morgan fingerprint density at radius 2 is 2.12 bits per heavy atom. The molecule has 2 aliphatic rings. The third-order valence-corrected chi connectivity index (χ3v) is 6.43. The highest BCUT2D eigenvalue weighted by molar-refractivity contribution is 7.21. The first kappa shape index (κ1) is 17.7. The Bertz CT molecular complexity index is 709. The fourth-order valence-electron chi connectivity index (χ4n) is 3.92. The Hall–Kier alpha value is -1.73. The van der Waals surface area contributed by atoms with Gasteiger partial charge in [-0.3, -0.25) is 4.79 Å². The Labute approximate surface area is 158 Å². The number of piperidine rings is 2. The Morgan fingerprint density at radius 1 is 1.23 bits per heavy atom. The minimum atomic E-state index is 0.0603. The van der Waals surface area contributed by atoms with Crippen molar-refractivity contribution in [3.8, 4) is 0 Å². The molecule has 0 spiro atoms. The van der Waals surface area contributed by atoms with E-state index in [1.54, 1.807) is 17.5 Å². The van der Waals surface area contributed by atoms with E-state index in [1.165, 1.54) is 32.4 Å². The molecule has 6 nitrogen and oxygen atoms in total. The molecule has 0 aliphatic carbocycles. The van der Waals surface area contributed by atoms with Crippen LogP contribution in [-0.2, 0) is 4.79 Å². The second-order valence-corrected chi connectivity index (χ2v) is 8.26. The molecule has 1 amide bonds. The van der Waals surface area contributed by atoms with Crippen molar-refractivity contribution in [2.45, 2.75) is 32.1 Å². The Balaban J connectivity index is 1.30. The highest BCUT2D eigenvalue weighted by Crippen LogP contribution is 2.30. The van der Waals surface area contributed by atoms with Crippen LogP contribution in [0.3, 0.4) is 0 Å². The summed E-state index contributed by atoms with van der Waals surface area (Å²) in [5.41, 5.74) is 0.945. The highest BCUT2D eigenvalue weighted by atomic mass is 32.1. The van der Waals surface area contributed by atoms with Crippen molar-refractivity contribution < 1.29 is 4.79 Å². The van der Waals surface area contributed by atoms with Crippen LogP contribution in [0.4, 0.5) is 5.13 Å². The number of rotatable bonds is 5. The molecule has 2 saturated heterocycles. The summed E-state index contributed by atoms with van der Waals surface area (Å²) in [5.74, 6) is 0.260. The van der Waals surface area contributed by atoms with Crippen LogP contribution in [0.2, 0.25) is 0 Å². The van der Waals surface area contributed by atoms with E-state index in [1.807, 2.05) is 12.1 Å². The van der Waals surface area contributed by atoms with E-state index in [0.717, 1.165) is 54.5 Å². The van der Waals surface area contributed by atoms with Gasteiger partial charge in [-0.2, -0.15) is 0 Å². The number of hydrogen-bond acceptors (Lipinski definition) is 6. The van der Waals surface area contributed by atoms with Crippen molar-refractivity contribution in [1.29, 1.82) is 0 Å².